The van der Waals surface area contributed by atoms with E-state index < -0.39 is 5.41 Å². The van der Waals surface area contributed by atoms with Crippen LogP contribution < -0.4 is 10.6 Å². The third-order valence-corrected chi connectivity index (χ3v) is 12.3. The lowest BCUT2D eigenvalue weighted by molar-refractivity contribution is -0.194. The number of hydrogen-bond acceptors (Lipinski definition) is 4. The minimum Gasteiger partial charge on any atom is -0.350 e. The highest BCUT2D eigenvalue weighted by Crippen LogP contribution is 2.74. The first kappa shape index (κ1) is 28.4. The standard InChI is InChI=1S/C35H46N2O4/c1-21(2)24-18-35-16-13-27-33(3,28(35)17-23(24)30-25(38)11-12-26(39)31(30)35)14-8-15-34(27,4)32(41)37-20-29(40)36-19-22-9-6-5-7-10-22/h5-7,9-10,18,21,23,27-28,30-31H,8,11-17,19-20H2,1-4H3,(H,36,40)(H,37,41). The molecule has 0 saturated heterocycles. The first-order valence-corrected chi connectivity index (χ1v) is 15.9. The molecule has 6 heteroatoms. The van der Waals surface area contributed by atoms with Gasteiger partial charge in [-0.25, -0.2) is 0 Å². The van der Waals surface area contributed by atoms with E-state index in [2.05, 4.69) is 44.4 Å². The molecule has 8 unspecified atom stereocenters. The topological polar surface area (TPSA) is 92.3 Å². The Morgan fingerprint density at radius 1 is 0.951 bits per heavy atom. The van der Waals surface area contributed by atoms with E-state index >= 15 is 0 Å². The maximum atomic E-state index is 13.9. The number of amides is 2. The van der Waals surface area contributed by atoms with E-state index in [4.69, 9.17) is 0 Å². The zero-order chi connectivity index (χ0) is 29.2. The number of ketones is 2. The Morgan fingerprint density at radius 3 is 2.41 bits per heavy atom. The molecule has 6 aliphatic carbocycles. The summed E-state index contributed by atoms with van der Waals surface area (Å²) in [5, 5.41) is 5.92. The average molecular weight is 559 g/mol. The second-order valence-electron chi connectivity index (χ2n) is 14.6. The fraction of sp³-hybridized carbons (Fsp3) is 0.657. The molecular weight excluding hydrogens is 512 g/mol. The van der Waals surface area contributed by atoms with Gasteiger partial charge in [0.2, 0.25) is 11.8 Å². The van der Waals surface area contributed by atoms with Crippen LogP contribution in [0.2, 0.25) is 0 Å². The maximum absolute atomic E-state index is 13.9. The van der Waals surface area contributed by atoms with Gasteiger partial charge in [0.05, 0.1) is 6.54 Å². The van der Waals surface area contributed by atoms with Crippen LogP contribution in [0, 0.1) is 51.8 Å². The van der Waals surface area contributed by atoms with E-state index in [9.17, 15) is 19.2 Å². The molecule has 7 rings (SSSR count). The molecule has 0 aromatic heterocycles. The second-order valence-corrected chi connectivity index (χ2v) is 14.6. The highest BCUT2D eigenvalue weighted by atomic mass is 16.2. The number of hydrogen-bond donors (Lipinski definition) is 2. The van der Waals surface area contributed by atoms with Crippen molar-refractivity contribution >= 4 is 23.4 Å². The fourth-order valence-electron chi connectivity index (χ4n) is 10.6. The lowest BCUT2D eigenvalue weighted by Crippen LogP contribution is -2.67. The van der Waals surface area contributed by atoms with Gasteiger partial charge in [-0.3, -0.25) is 19.2 Å². The SMILES string of the molecule is CC(C)C1=CC23CCC4C(C)(C(=O)NCC(=O)NCc5ccccc5)CCCC4(C)C2CC1C1C(=O)CCC(=O)C13. The fourth-order valence-corrected chi connectivity index (χ4v) is 10.6. The molecule has 0 aliphatic heterocycles. The molecular formula is C35H46N2O4. The smallest absolute Gasteiger partial charge is 0.239 e. The van der Waals surface area contributed by atoms with Crippen molar-refractivity contribution in [2.75, 3.05) is 6.54 Å². The molecule has 1 aromatic carbocycles. The third-order valence-electron chi connectivity index (χ3n) is 12.3. The van der Waals surface area contributed by atoms with Crippen LogP contribution in [0.3, 0.4) is 0 Å². The summed E-state index contributed by atoms with van der Waals surface area (Å²) in [5.74, 6) is 1.02. The number of carbonyl (C=O) groups is 4. The van der Waals surface area contributed by atoms with Gasteiger partial charge in [0, 0.05) is 42.1 Å². The van der Waals surface area contributed by atoms with Gasteiger partial charge >= 0.3 is 0 Å². The minimum absolute atomic E-state index is 0.0268. The minimum atomic E-state index is -0.568. The van der Waals surface area contributed by atoms with Crippen molar-refractivity contribution in [2.45, 2.75) is 85.6 Å². The normalized spacial score (nSPS) is 39.3. The molecule has 4 fully saturated rings. The summed E-state index contributed by atoms with van der Waals surface area (Å²) >= 11 is 0. The summed E-state index contributed by atoms with van der Waals surface area (Å²) in [7, 11) is 0. The van der Waals surface area contributed by atoms with E-state index in [-0.39, 0.29) is 52.9 Å². The number of carbonyl (C=O) groups excluding carboxylic acids is 4. The Kier molecular flexibility index (Phi) is 7.06. The maximum Gasteiger partial charge on any atom is 0.239 e. The molecule has 0 heterocycles. The zero-order valence-corrected chi connectivity index (χ0v) is 25.1. The summed E-state index contributed by atoms with van der Waals surface area (Å²) in [5.41, 5.74) is 1.48. The first-order chi connectivity index (χ1) is 19.5. The van der Waals surface area contributed by atoms with Crippen molar-refractivity contribution in [1.82, 2.24) is 10.6 Å². The van der Waals surface area contributed by atoms with Crippen LogP contribution in [0.15, 0.2) is 42.0 Å². The number of nitrogens with one attached hydrogen (secondary N) is 2. The summed E-state index contributed by atoms with van der Waals surface area (Å²) in [6.07, 6.45) is 8.77. The number of rotatable bonds is 6. The first-order valence-electron chi connectivity index (χ1n) is 15.9. The molecule has 2 bridgehead atoms. The third kappa shape index (κ3) is 4.34. The Hall–Kier alpha value is -2.76. The summed E-state index contributed by atoms with van der Waals surface area (Å²) in [6.45, 7) is 9.36. The molecule has 8 atom stereocenters. The lowest BCUT2D eigenvalue weighted by atomic mass is 9.33. The zero-order valence-electron chi connectivity index (χ0n) is 25.1. The molecule has 220 valence electrons. The van der Waals surface area contributed by atoms with Crippen LogP contribution in [0.4, 0.5) is 0 Å². The van der Waals surface area contributed by atoms with Crippen molar-refractivity contribution in [3.8, 4) is 0 Å². The number of Topliss-reactive ketones (excluding diaryl/α,β-unsaturated/α-hetero) is 2. The van der Waals surface area contributed by atoms with E-state index in [0.717, 1.165) is 44.1 Å². The molecule has 0 radical (unpaired) electrons. The number of allylic oxidation sites excluding steroid dienone is 2. The molecule has 41 heavy (non-hydrogen) atoms. The highest BCUT2D eigenvalue weighted by molar-refractivity contribution is 5.98. The van der Waals surface area contributed by atoms with Crippen LogP contribution in [-0.2, 0) is 25.7 Å². The Balaban J connectivity index is 1.24. The van der Waals surface area contributed by atoms with Gasteiger partial charge in [-0.2, -0.15) is 0 Å². The van der Waals surface area contributed by atoms with E-state index in [1.807, 2.05) is 30.3 Å². The predicted molar refractivity (Wildman–Crippen MR) is 157 cm³/mol. The monoisotopic (exact) mass is 558 g/mol. The van der Waals surface area contributed by atoms with Crippen LogP contribution in [-0.4, -0.2) is 29.9 Å². The molecule has 2 amide bonds. The molecule has 4 saturated carbocycles. The van der Waals surface area contributed by atoms with Crippen LogP contribution in [0.1, 0.15) is 84.6 Å². The number of fused-ring (bicyclic) bond motifs is 1. The van der Waals surface area contributed by atoms with Crippen molar-refractivity contribution in [2.24, 2.45) is 51.8 Å². The van der Waals surface area contributed by atoms with Gasteiger partial charge in [0.15, 0.2) is 0 Å². The van der Waals surface area contributed by atoms with Gasteiger partial charge < -0.3 is 10.6 Å². The van der Waals surface area contributed by atoms with Gasteiger partial charge in [0.25, 0.3) is 0 Å². The highest BCUT2D eigenvalue weighted by Gasteiger charge is 2.70. The Labute approximate surface area is 244 Å². The van der Waals surface area contributed by atoms with E-state index in [0.29, 0.717) is 42.8 Å². The van der Waals surface area contributed by atoms with Crippen molar-refractivity contribution in [3.05, 3.63) is 47.5 Å². The molecule has 1 spiro atoms. The van der Waals surface area contributed by atoms with Crippen molar-refractivity contribution in [1.29, 1.82) is 0 Å². The molecule has 6 nitrogen and oxygen atoms in total. The van der Waals surface area contributed by atoms with Crippen LogP contribution in [0.5, 0.6) is 0 Å². The summed E-state index contributed by atoms with van der Waals surface area (Å²) in [6, 6.07) is 9.76. The predicted octanol–water partition coefficient (Wildman–Crippen LogP) is 5.41. The largest absolute Gasteiger partial charge is 0.350 e. The Bertz CT molecular complexity index is 1290. The second kappa shape index (κ2) is 10.2. The van der Waals surface area contributed by atoms with Gasteiger partial charge in [-0.05, 0) is 66.8 Å². The van der Waals surface area contributed by atoms with Crippen molar-refractivity contribution in [3.63, 3.8) is 0 Å². The number of benzene rings is 1. The average Bonchev–Trinajstić information content (AvgIpc) is 2.96. The quantitative estimate of drug-likeness (QED) is 0.457. The van der Waals surface area contributed by atoms with Gasteiger partial charge in [-0.15, -0.1) is 0 Å². The van der Waals surface area contributed by atoms with Crippen molar-refractivity contribution < 1.29 is 19.2 Å². The summed E-state index contributed by atoms with van der Waals surface area (Å²) in [4.78, 5) is 53.4. The van der Waals surface area contributed by atoms with Gasteiger partial charge in [-0.1, -0.05) is 76.1 Å². The molecule has 2 N–H and O–H groups in total. The molecule has 6 aliphatic rings. The van der Waals surface area contributed by atoms with E-state index in [1.165, 1.54) is 5.57 Å². The van der Waals surface area contributed by atoms with Gasteiger partial charge in [0.1, 0.15) is 11.6 Å². The lowest BCUT2D eigenvalue weighted by Gasteiger charge is -2.70. The van der Waals surface area contributed by atoms with Crippen LogP contribution in [0.25, 0.3) is 0 Å². The van der Waals surface area contributed by atoms with E-state index in [1.54, 1.807) is 0 Å². The Morgan fingerprint density at radius 2 is 1.68 bits per heavy atom. The van der Waals surface area contributed by atoms with Crippen LogP contribution >= 0.6 is 0 Å². The molecule has 1 aromatic rings. The summed E-state index contributed by atoms with van der Waals surface area (Å²) < 4.78 is 0.